The molecule has 0 aromatic heterocycles. The number of carbonyl (C=O) groups excluding carboxylic acids is 2. The standard InChI is InChI=1S/2C4H7IO2.Ca/c2*1-4(2,5)3(6)7;/h2*1-2H3,(H,6,7);/q;;+2/p-2. The molecule has 4 nitrogen and oxygen atoms in total. The molecular formula is C8H12CaI2O4. The first-order valence-electron chi connectivity index (χ1n) is 3.69. The number of carboxylic acid groups (broad SMARTS) is 2. The van der Waals surface area contributed by atoms with Crippen LogP contribution in [0.4, 0.5) is 0 Å². The Bertz CT molecular complexity index is 194. The second kappa shape index (κ2) is 8.71. The van der Waals surface area contributed by atoms with Gasteiger partial charge in [-0.25, -0.2) is 0 Å². The number of aliphatic carboxylic acids is 2. The van der Waals surface area contributed by atoms with E-state index < -0.39 is 18.8 Å². The molecular weight excluding hydrogens is 454 g/mol. The van der Waals surface area contributed by atoms with Crippen molar-refractivity contribution in [1.82, 2.24) is 0 Å². The summed E-state index contributed by atoms with van der Waals surface area (Å²) in [5, 5.41) is 19.8. The van der Waals surface area contributed by atoms with Crippen molar-refractivity contribution in [2.24, 2.45) is 0 Å². The molecule has 0 saturated heterocycles. The summed E-state index contributed by atoms with van der Waals surface area (Å²) in [5.41, 5.74) is 0. The Morgan fingerprint density at radius 2 is 0.933 bits per heavy atom. The summed E-state index contributed by atoms with van der Waals surface area (Å²) >= 11 is 3.61. The summed E-state index contributed by atoms with van der Waals surface area (Å²) in [5.74, 6) is -2.04. The van der Waals surface area contributed by atoms with Gasteiger partial charge in [0.25, 0.3) is 0 Å². The van der Waals surface area contributed by atoms with Gasteiger partial charge in [0.2, 0.25) is 0 Å². The van der Waals surface area contributed by atoms with Crippen molar-refractivity contribution in [3.63, 3.8) is 0 Å². The van der Waals surface area contributed by atoms with Crippen molar-refractivity contribution in [2.45, 2.75) is 34.5 Å². The molecule has 0 aliphatic carbocycles. The SMILES string of the molecule is CC(C)(I)C(=O)[O-].CC(C)(I)C(=O)[O-].[Ca+2]. The molecule has 0 spiro atoms. The molecule has 0 bridgehead atoms. The largest absolute Gasteiger partial charge is 2.00 e. The van der Waals surface area contributed by atoms with Crippen LogP contribution in [0.15, 0.2) is 0 Å². The van der Waals surface area contributed by atoms with Gasteiger partial charge in [0, 0.05) is 0 Å². The van der Waals surface area contributed by atoms with Gasteiger partial charge in [-0.05, 0) is 27.7 Å². The molecule has 0 aliphatic rings. The summed E-state index contributed by atoms with van der Waals surface area (Å²) in [6.45, 7) is 6.34. The number of rotatable bonds is 2. The number of carboxylic acids is 2. The van der Waals surface area contributed by atoms with Gasteiger partial charge in [-0.1, -0.05) is 45.2 Å². The van der Waals surface area contributed by atoms with Crippen molar-refractivity contribution < 1.29 is 19.8 Å². The second-order valence-electron chi connectivity index (χ2n) is 3.52. The van der Waals surface area contributed by atoms with Crippen LogP contribution < -0.4 is 10.2 Å². The first kappa shape index (κ1) is 21.9. The van der Waals surface area contributed by atoms with E-state index in [-0.39, 0.29) is 37.7 Å². The second-order valence-corrected chi connectivity index (χ2v) is 8.91. The van der Waals surface area contributed by atoms with Gasteiger partial charge >= 0.3 is 37.7 Å². The predicted octanol–water partition coefficient (Wildman–Crippen LogP) is -0.481. The molecule has 15 heavy (non-hydrogen) atoms. The minimum absolute atomic E-state index is 0. The molecule has 0 saturated carbocycles. The monoisotopic (exact) mass is 466 g/mol. The fraction of sp³-hybridized carbons (Fsp3) is 0.750. The number of hydrogen-bond donors (Lipinski definition) is 0. The molecule has 7 heteroatoms. The topological polar surface area (TPSA) is 80.3 Å². The maximum Gasteiger partial charge on any atom is 2.00 e. The third-order valence-corrected chi connectivity index (χ3v) is 1.85. The van der Waals surface area contributed by atoms with Gasteiger partial charge in [-0.2, -0.15) is 0 Å². The first-order valence-corrected chi connectivity index (χ1v) is 5.85. The van der Waals surface area contributed by atoms with E-state index in [0.717, 1.165) is 0 Å². The maximum absolute atomic E-state index is 9.90. The van der Waals surface area contributed by atoms with Crippen LogP contribution in [0.25, 0.3) is 0 Å². The molecule has 0 heterocycles. The van der Waals surface area contributed by atoms with Crippen LogP contribution in [0.1, 0.15) is 27.7 Å². The van der Waals surface area contributed by atoms with Crippen LogP contribution >= 0.6 is 45.2 Å². The Morgan fingerprint density at radius 1 is 0.867 bits per heavy atom. The average molecular weight is 466 g/mol. The smallest absolute Gasteiger partial charge is 0.549 e. The zero-order chi connectivity index (χ0) is 12.2. The quantitative estimate of drug-likeness (QED) is 0.313. The molecule has 84 valence electrons. The number of halogens is 2. The van der Waals surface area contributed by atoms with Gasteiger partial charge < -0.3 is 19.8 Å². The summed E-state index contributed by atoms with van der Waals surface area (Å²) in [7, 11) is 0. The molecule has 0 fully saturated rings. The molecule has 0 aromatic carbocycles. The molecule has 0 unspecified atom stereocenters. The van der Waals surface area contributed by atoms with Gasteiger partial charge in [0.05, 0.1) is 18.8 Å². The van der Waals surface area contributed by atoms with E-state index in [1.165, 1.54) is 0 Å². The predicted molar refractivity (Wildman–Crippen MR) is 72.0 cm³/mol. The van der Waals surface area contributed by atoms with Crippen LogP contribution in [-0.2, 0) is 9.59 Å². The Labute approximate surface area is 147 Å². The normalized spacial score (nSPS) is 10.5. The maximum atomic E-state index is 9.90. The number of carbonyl (C=O) groups is 2. The van der Waals surface area contributed by atoms with Gasteiger partial charge in [-0.15, -0.1) is 0 Å². The van der Waals surface area contributed by atoms with E-state index >= 15 is 0 Å². The molecule has 0 N–H and O–H groups in total. The third kappa shape index (κ3) is 15.7. The van der Waals surface area contributed by atoms with Crippen molar-refractivity contribution in [2.75, 3.05) is 0 Å². The van der Waals surface area contributed by atoms with E-state index in [2.05, 4.69) is 0 Å². The number of hydrogen-bond acceptors (Lipinski definition) is 4. The molecule has 0 aliphatic heterocycles. The molecule has 0 aromatic rings. The summed E-state index contributed by atoms with van der Waals surface area (Å²) in [4.78, 5) is 19.8. The van der Waals surface area contributed by atoms with Crippen LogP contribution in [0.2, 0.25) is 0 Å². The van der Waals surface area contributed by atoms with Gasteiger partial charge in [-0.3, -0.25) is 0 Å². The molecule has 0 atom stereocenters. The van der Waals surface area contributed by atoms with E-state index in [1.807, 2.05) is 0 Å². The van der Waals surface area contributed by atoms with Crippen molar-refractivity contribution in [3.05, 3.63) is 0 Å². The average Bonchev–Trinajstić information content (AvgIpc) is 1.83. The molecule has 0 rings (SSSR count). The molecule has 0 radical (unpaired) electrons. The van der Waals surface area contributed by atoms with Gasteiger partial charge in [0.15, 0.2) is 0 Å². The van der Waals surface area contributed by atoms with E-state index in [9.17, 15) is 19.8 Å². The van der Waals surface area contributed by atoms with Crippen molar-refractivity contribution >= 4 is 94.9 Å². The van der Waals surface area contributed by atoms with Crippen LogP contribution in [0.5, 0.6) is 0 Å². The minimum Gasteiger partial charge on any atom is -0.549 e. The minimum atomic E-state index is -1.02. The van der Waals surface area contributed by atoms with Crippen LogP contribution in [-0.4, -0.2) is 56.5 Å². The summed E-state index contributed by atoms with van der Waals surface area (Å²) in [6.07, 6.45) is 0. The van der Waals surface area contributed by atoms with Crippen LogP contribution in [0.3, 0.4) is 0 Å². The Hall–Kier alpha value is 1.66. The summed E-state index contributed by atoms with van der Waals surface area (Å²) < 4.78 is -1.45. The van der Waals surface area contributed by atoms with Crippen LogP contribution in [0, 0.1) is 0 Å². The van der Waals surface area contributed by atoms with E-state index in [0.29, 0.717) is 0 Å². The number of alkyl halides is 2. The Morgan fingerprint density at radius 3 is 0.933 bits per heavy atom. The van der Waals surface area contributed by atoms with Crippen molar-refractivity contribution in [3.8, 4) is 0 Å². The van der Waals surface area contributed by atoms with E-state index in [4.69, 9.17) is 0 Å². The first-order chi connectivity index (χ1) is 5.89. The fourth-order valence-electron chi connectivity index (χ4n) is 0. The van der Waals surface area contributed by atoms with Crippen molar-refractivity contribution in [1.29, 1.82) is 0 Å². The van der Waals surface area contributed by atoms with Gasteiger partial charge in [0.1, 0.15) is 0 Å². The third-order valence-electron chi connectivity index (χ3n) is 0.971. The Kier molecular flexibility index (Phi) is 12.7. The zero-order valence-electron chi connectivity index (χ0n) is 9.10. The molecule has 0 amide bonds. The summed E-state index contributed by atoms with van der Waals surface area (Å²) in [6, 6.07) is 0. The zero-order valence-corrected chi connectivity index (χ0v) is 15.6. The fourth-order valence-corrected chi connectivity index (χ4v) is 0. The Balaban J connectivity index is -0.000000180. The van der Waals surface area contributed by atoms with E-state index in [1.54, 1.807) is 72.9 Å².